The van der Waals surface area contributed by atoms with E-state index in [0.29, 0.717) is 6.61 Å². The molecule has 4 nitrogen and oxygen atoms in total. The minimum atomic E-state index is 0.666. The Morgan fingerprint density at radius 1 is 1.50 bits per heavy atom. The second-order valence-electron chi connectivity index (χ2n) is 2.75. The molecule has 0 fully saturated rings. The van der Waals surface area contributed by atoms with Gasteiger partial charge in [0, 0.05) is 19.0 Å². The molecule has 1 aromatic rings. The quantitative estimate of drug-likeness (QED) is 0.661. The highest BCUT2D eigenvalue weighted by Gasteiger charge is 2.11. The summed E-state index contributed by atoms with van der Waals surface area (Å²) in [5.74, 6) is 0.805. The molecule has 2 heterocycles. The van der Waals surface area contributed by atoms with Crippen molar-refractivity contribution in [2.75, 3.05) is 19.0 Å². The van der Waals surface area contributed by atoms with E-state index in [2.05, 4.69) is 15.5 Å². The van der Waals surface area contributed by atoms with E-state index in [1.165, 1.54) is 0 Å². The van der Waals surface area contributed by atoms with Crippen molar-refractivity contribution in [2.45, 2.75) is 13.0 Å². The Balaban J connectivity index is 2.36. The van der Waals surface area contributed by atoms with E-state index in [0.717, 1.165) is 30.1 Å². The van der Waals surface area contributed by atoms with E-state index in [1.54, 1.807) is 0 Å². The molecule has 0 bridgehead atoms. The molecule has 0 aromatic carbocycles. The Kier molecular flexibility index (Phi) is 1.91. The van der Waals surface area contributed by atoms with Crippen LogP contribution in [-0.4, -0.2) is 23.9 Å². The zero-order valence-electron chi connectivity index (χ0n) is 7.00. The molecule has 4 heteroatoms. The second kappa shape index (κ2) is 3.06. The fourth-order valence-electron chi connectivity index (χ4n) is 1.26. The minimum absolute atomic E-state index is 0.666. The zero-order chi connectivity index (χ0) is 8.39. The predicted octanol–water partition coefficient (Wildman–Crippen LogP) is 0.591. The highest BCUT2D eigenvalue weighted by atomic mass is 16.5. The number of rotatable bonds is 1. The SMILES string of the molecule is CNc1cc2c(nn1)CCOC2. The monoisotopic (exact) mass is 165 g/mol. The third-order valence-corrected chi connectivity index (χ3v) is 1.96. The van der Waals surface area contributed by atoms with Crippen LogP contribution in [0.25, 0.3) is 0 Å². The molecule has 0 aliphatic carbocycles. The van der Waals surface area contributed by atoms with Crippen LogP contribution in [-0.2, 0) is 17.8 Å². The van der Waals surface area contributed by atoms with E-state index < -0.39 is 0 Å². The molecule has 1 N–H and O–H groups in total. The van der Waals surface area contributed by atoms with Crippen molar-refractivity contribution in [1.82, 2.24) is 10.2 Å². The van der Waals surface area contributed by atoms with Gasteiger partial charge in [-0.3, -0.25) is 0 Å². The Bertz CT molecular complexity index is 288. The van der Waals surface area contributed by atoms with Gasteiger partial charge in [0.25, 0.3) is 0 Å². The number of nitrogens with one attached hydrogen (secondary N) is 1. The van der Waals surface area contributed by atoms with E-state index in [4.69, 9.17) is 4.74 Å². The summed E-state index contributed by atoms with van der Waals surface area (Å²) >= 11 is 0. The van der Waals surface area contributed by atoms with Crippen LogP contribution in [0.15, 0.2) is 6.07 Å². The number of nitrogens with zero attached hydrogens (tertiary/aromatic N) is 2. The lowest BCUT2D eigenvalue weighted by molar-refractivity contribution is 0.109. The zero-order valence-corrected chi connectivity index (χ0v) is 7.00. The van der Waals surface area contributed by atoms with Gasteiger partial charge in [-0.1, -0.05) is 0 Å². The van der Waals surface area contributed by atoms with Crippen LogP contribution in [0, 0.1) is 0 Å². The van der Waals surface area contributed by atoms with E-state index in [9.17, 15) is 0 Å². The molecule has 0 saturated carbocycles. The van der Waals surface area contributed by atoms with Crippen molar-refractivity contribution in [3.05, 3.63) is 17.3 Å². The van der Waals surface area contributed by atoms with Crippen molar-refractivity contribution >= 4 is 5.82 Å². The standard InChI is InChI=1S/C8H11N3O/c1-9-8-4-6-5-12-3-2-7(6)10-11-8/h4H,2-3,5H2,1H3,(H,9,11). The van der Waals surface area contributed by atoms with Crippen LogP contribution in [0.1, 0.15) is 11.3 Å². The molecular weight excluding hydrogens is 154 g/mol. The minimum Gasteiger partial charge on any atom is -0.376 e. The van der Waals surface area contributed by atoms with Crippen LogP contribution < -0.4 is 5.32 Å². The Hall–Kier alpha value is -1.16. The summed E-state index contributed by atoms with van der Waals surface area (Å²) in [7, 11) is 1.83. The van der Waals surface area contributed by atoms with Gasteiger partial charge in [0.1, 0.15) is 5.82 Å². The molecule has 2 rings (SSSR count). The maximum atomic E-state index is 5.30. The first-order valence-corrected chi connectivity index (χ1v) is 4.01. The maximum Gasteiger partial charge on any atom is 0.148 e. The lowest BCUT2D eigenvalue weighted by atomic mass is 10.1. The van der Waals surface area contributed by atoms with Gasteiger partial charge >= 0.3 is 0 Å². The van der Waals surface area contributed by atoms with Crippen LogP contribution in [0.5, 0.6) is 0 Å². The molecule has 0 atom stereocenters. The van der Waals surface area contributed by atoms with Crippen molar-refractivity contribution in [1.29, 1.82) is 0 Å². The van der Waals surface area contributed by atoms with E-state index >= 15 is 0 Å². The first-order chi connectivity index (χ1) is 5.90. The highest BCUT2D eigenvalue weighted by molar-refractivity contribution is 5.37. The van der Waals surface area contributed by atoms with Crippen molar-refractivity contribution < 1.29 is 4.74 Å². The topological polar surface area (TPSA) is 47.0 Å². The second-order valence-corrected chi connectivity index (χ2v) is 2.75. The van der Waals surface area contributed by atoms with Crippen LogP contribution in [0.2, 0.25) is 0 Å². The molecule has 0 radical (unpaired) electrons. The summed E-state index contributed by atoms with van der Waals surface area (Å²) in [5.41, 5.74) is 2.22. The smallest absolute Gasteiger partial charge is 0.148 e. The molecule has 1 aliphatic heterocycles. The summed E-state index contributed by atoms with van der Waals surface area (Å²) in [5, 5.41) is 11.0. The van der Waals surface area contributed by atoms with Crippen molar-refractivity contribution in [3.8, 4) is 0 Å². The third kappa shape index (κ3) is 1.25. The summed E-state index contributed by atoms with van der Waals surface area (Å²) in [6.45, 7) is 1.43. The Morgan fingerprint density at radius 3 is 3.25 bits per heavy atom. The van der Waals surface area contributed by atoms with Gasteiger partial charge in [-0.15, -0.1) is 5.10 Å². The van der Waals surface area contributed by atoms with Gasteiger partial charge in [0.05, 0.1) is 18.9 Å². The molecule has 0 spiro atoms. The molecule has 64 valence electrons. The molecule has 1 aliphatic rings. The van der Waals surface area contributed by atoms with Crippen LogP contribution >= 0.6 is 0 Å². The van der Waals surface area contributed by atoms with E-state index in [-0.39, 0.29) is 0 Å². The van der Waals surface area contributed by atoms with Crippen LogP contribution in [0.3, 0.4) is 0 Å². The fraction of sp³-hybridized carbons (Fsp3) is 0.500. The van der Waals surface area contributed by atoms with E-state index in [1.807, 2.05) is 13.1 Å². The average Bonchev–Trinajstić information content (AvgIpc) is 2.17. The lowest BCUT2D eigenvalue weighted by Crippen LogP contribution is -2.13. The average molecular weight is 165 g/mol. The largest absolute Gasteiger partial charge is 0.376 e. The van der Waals surface area contributed by atoms with Gasteiger partial charge in [-0.05, 0) is 6.07 Å². The molecule has 0 amide bonds. The maximum absolute atomic E-state index is 5.30. The molecular formula is C8H11N3O. The summed E-state index contributed by atoms with van der Waals surface area (Å²) in [6, 6.07) is 1.99. The summed E-state index contributed by atoms with van der Waals surface area (Å²) < 4.78 is 5.30. The summed E-state index contributed by atoms with van der Waals surface area (Å²) in [4.78, 5) is 0. The lowest BCUT2D eigenvalue weighted by Gasteiger charge is -2.14. The number of hydrogen-bond donors (Lipinski definition) is 1. The predicted molar refractivity (Wildman–Crippen MR) is 44.9 cm³/mol. The summed E-state index contributed by atoms with van der Waals surface area (Å²) in [6.07, 6.45) is 0.881. The molecule has 1 aromatic heterocycles. The number of hydrogen-bond acceptors (Lipinski definition) is 4. The van der Waals surface area contributed by atoms with Gasteiger partial charge < -0.3 is 10.1 Å². The molecule has 12 heavy (non-hydrogen) atoms. The number of fused-ring (bicyclic) bond motifs is 1. The first-order valence-electron chi connectivity index (χ1n) is 4.01. The number of ether oxygens (including phenoxy) is 1. The number of anilines is 1. The third-order valence-electron chi connectivity index (χ3n) is 1.96. The van der Waals surface area contributed by atoms with Crippen molar-refractivity contribution in [3.63, 3.8) is 0 Å². The van der Waals surface area contributed by atoms with Crippen LogP contribution in [0.4, 0.5) is 5.82 Å². The van der Waals surface area contributed by atoms with Gasteiger partial charge in [0.15, 0.2) is 0 Å². The Labute approximate surface area is 71.0 Å². The Morgan fingerprint density at radius 2 is 2.42 bits per heavy atom. The normalized spacial score (nSPS) is 15.4. The van der Waals surface area contributed by atoms with Crippen molar-refractivity contribution in [2.24, 2.45) is 0 Å². The van der Waals surface area contributed by atoms with Gasteiger partial charge in [0.2, 0.25) is 0 Å². The molecule has 0 saturated heterocycles. The number of aromatic nitrogens is 2. The van der Waals surface area contributed by atoms with Gasteiger partial charge in [-0.2, -0.15) is 5.10 Å². The first kappa shape index (κ1) is 7.49. The molecule has 0 unspecified atom stereocenters. The fourth-order valence-corrected chi connectivity index (χ4v) is 1.26. The van der Waals surface area contributed by atoms with Gasteiger partial charge in [-0.25, -0.2) is 0 Å². The highest BCUT2D eigenvalue weighted by Crippen LogP contribution is 2.15.